The molecular formula is C13H28N2O. The van der Waals surface area contributed by atoms with Crippen LogP contribution in [0.2, 0.25) is 0 Å². The van der Waals surface area contributed by atoms with E-state index in [9.17, 15) is 4.79 Å². The SMILES string of the molecule is CC(C)(C)CC(C)(C)NC(=O)CC(C)(C)N. The minimum Gasteiger partial charge on any atom is -0.351 e. The minimum absolute atomic E-state index is 0.0294. The maximum atomic E-state index is 11.8. The van der Waals surface area contributed by atoms with Gasteiger partial charge in [0.2, 0.25) is 5.91 Å². The number of hydrogen-bond acceptors (Lipinski definition) is 2. The third-order valence-electron chi connectivity index (χ3n) is 2.07. The highest BCUT2D eigenvalue weighted by atomic mass is 16.1. The smallest absolute Gasteiger partial charge is 0.222 e. The molecule has 1 amide bonds. The first-order valence-electron chi connectivity index (χ1n) is 5.91. The van der Waals surface area contributed by atoms with E-state index in [0.717, 1.165) is 6.42 Å². The fourth-order valence-electron chi connectivity index (χ4n) is 2.21. The van der Waals surface area contributed by atoms with E-state index in [1.165, 1.54) is 0 Å². The Morgan fingerprint density at radius 3 is 1.81 bits per heavy atom. The van der Waals surface area contributed by atoms with Gasteiger partial charge in [0, 0.05) is 17.5 Å². The van der Waals surface area contributed by atoms with E-state index in [0.29, 0.717) is 6.42 Å². The van der Waals surface area contributed by atoms with Crippen LogP contribution in [0.1, 0.15) is 61.3 Å². The van der Waals surface area contributed by atoms with Crippen molar-refractivity contribution in [3.63, 3.8) is 0 Å². The average Bonchev–Trinajstić information content (AvgIpc) is 1.70. The summed E-state index contributed by atoms with van der Waals surface area (Å²) >= 11 is 0. The van der Waals surface area contributed by atoms with Crippen LogP contribution in [0, 0.1) is 5.41 Å². The largest absolute Gasteiger partial charge is 0.351 e. The first kappa shape index (κ1) is 15.4. The van der Waals surface area contributed by atoms with Crippen molar-refractivity contribution in [3.05, 3.63) is 0 Å². The zero-order valence-electron chi connectivity index (χ0n) is 11.9. The molecule has 0 unspecified atom stereocenters. The maximum Gasteiger partial charge on any atom is 0.222 e. The molecule has 3 nitrogen and oxygen atoms in total. The van der Waals surface area contributed by atoms with E-state index in [2.05, 4.69) is 39.9 Å². The van der Waals surface area contributed by atoms with E-state index in [1.54, 1.807) is 0 Å². The maximum absolute atomic E-state index is 11.8. The third kappa shape index (κ3) is 8.72. The van der Waals surface area contributed by atoms with Crippen LogP contribution < -0.4 is 11.1 Å². The Balaban J connectivity index is 4.32. The molecule has 96 valence electrons. The lowest BCUT2D eigenvalue weighted by molar-refractivity contribution is -0.123. The van der Waals surface area contributed by atoms with Gasteiger partial charge in [0.05, 0.1) is 0 Å². The van der Waals surface area contributed by atoms with Gasteiger partial charge in [-0.05, 0) is 39.5 Å². The fourth-order valence-corrected chi connectivity index (χ4v) is 2.21. The lowest BCUT2D eigenvalue weighted by atomic mass is 9.81. The number of amides is 1. The van der Waals surface area contributed by atoms with Crippen molar-refractivity contribution in [1.29, 1.82) is 0 Å². The van der Waals surface area contributed by atoms with Crippen molar-refractivity contribution in [2.75, 3.05) is 0 Å². The molecule has 3 heteroatoms. The molecule has 0 bridgehead atoms. The summed E-state index contributed by atoms with van der Waals surface area (Å²) in [5.41, 5.74) is 5.40. The predicted molar refractivity (Wildman–Crippen MR) is 69.2 cm³/mol. The predicted octanol–water partition coefficient (Wildman–Crippen LogP) is 2.44. The molecule has 0 saturated heterocycles. The highest BCUT2D eigenvalue weighted by molar-refractivity contribution is 5.77. The first-order chi connectivity index (χ1) is 6.81. The summed E-state index contributed by atoms with van der Waals surface area (Å²) in [6, 6.07) is 0. The van der Waals surface area contributed by atoms with Gasteiger partial charge in [-0.2, -0.15) is 0 Å². The highest BCUT2D eigenvalue weighted by Gasteiger charge is 2.28. The van der Waals surface area contributed by atoms with Crippen LogP contribution in [-0.2, 0) is 4.79 Å². The monoisotopic (exact) mass is 228 g/mol. The van der Waals surface area contributed by atoms with Crippen LogP contribution in [0.3, 0.4) is 0 Å². The molecule has 16 heavy (non-hydrogen) atoms. The second-order valence-electron chi connectivity index (χ2n) is 7.33. The normalized spacial score (nSPS) is 13.8. The number of rotatable bonds is 4. The van der Waals surface area contributed by atoms with Crippen LogP contribution in [-0.4, -0.2) is 17.0 Å². The van der Waals surface area contributed by atoms with Crippen LogP contribution in [0.25, 0.3) is 0 Å². The molecule has 3 N–H and O–H groups in total. The van der Waals surface area contributed by atoms with Crippen molar-refractivity contribution in [2.24, 2.45) is 11.1 Å². The van der Waals surface area contributed by atoms with Crippen LogP contribution in [0.15, 0.2) is 0 Å². The van der Waals surface area contributed by atoms with Crippen LogP contribution in [0.4, 0.5) is 0 Å². The van der Waals surface area contributed by atoms with E-state index >= 15 is 0 Å². The van der Waals surface area contributed by atoms with Gasteiger partial charge in [-0.25, -0.2) is 0 Å². The van der Waals surface area contributed by atoms with Gasteiger partial charge in [0.1, 0.15) is 0 Å². The Morgan fingerprint density at radius 2 is 1.50 bits per heavy atom. The van der Waals surface area contributed by atoms with Gasteiger partial charge >= 0.3 is 0 Å². The summed E-state index contributed by atoms with van der Waals surface area (Å²) < 4.78 is 0. The molecule has 0 aromatic carbocycles. The van der Waals surface area contributed by atoms with Gasteiger partial charge in [-0.15, -0.1) is 0 Å². The summed E-state index contributed by atoms with van der Waals surface area (Å²) in [5, 5.41) is 3.05. The lowest BCUT2D eigenvalue weighted by Crippen LogP contribution is -2.48. The summed E-state index contributed by atoms with van der Waals surface area (Å²) in [6.45, 7) is 14.4. The standard InChI is InChI=1S/C13H28N2O/c1-11(2,3)9-13(6,7)15-10(16)8-12(4,5)14/h8-9,14H2,1-7H3,(H,15,16). The van der Waals surface area contributed by atoms with E-state index in [1.807, 2.05) is 13.8 Å². The van der Waals surface area contributed by atoms with E-state index in [-0.39, 0.29) is 16.9 Å². The molecule has 0 saturated carbocycles. The molecule has 0 aliphatic rings. The van der Waals surface area contributed by atoms with Crippen molar-refractivity contribution in [3.8, 4) is 0 Å². The van der Waals surface area contributed by atoms with Gasteiger partial charge in [-0.3, -0.25) is 4.79 Å². The van der Waals surface area contributed by atoms with Gasteiger partial charge in [0.15, 0.2) is 0 Å². The highest BCUT2D eigenvalue weighted by Crippen LogP contribution is 2.26. The number of nitrogens with one attached hydrogen (secondary N) is 1. The van der Waals surface area contributed by atoms with Crippen LogP contribution >= 0.6 is 0 Å². The van der Waals surface area contributed by atoms with Crippen LogP contribution in [0.5, 0.6) is 0 Å². The Hall–Kier alpha value is -0.570. The second-order valence-corrected chi connectivity index (χ2v) is 7.33. The molecular weight excluding hydrogens is 200 g/mol. The minimum atomic E-state index is -0.443. The van der Waals surface area contributed by atoms with Crippen molar-refractivity contribution in [2.45, 2.75) is 72.4 Å². The quantitative estimate of drug-likeness (QED) is 0.776. The third-order valence-corrected chi connectivity index (χ3v) is 2.07. The molecule has 0 atom stereocenters. The lowest BCUT2D eigenvalue weighted by Gasteiger charge is -2.34. The van der Waals surface area contributed by atoms with Crippen molar-refractivity contribution in [1.82, 2.24) is 5.32 Å². The zero-order valence-corrected chi connectivity index (χ0v) is 11.9. The Kier molecular flexibility index (Phi) is 4.57. The number of hydrogen-bond donors (Lipinski definition) is 2. The molecule has 0 rings (SSSR count). The Morgan fingerprint density at radius 1 is 1.06 bits per heavy atom. The molecule has 0 heterocycles. The second kappa shape index (κ2) is 4.74. The number of carbonyl (C=O) groups is 1. The summed E-state index contributed by atoms with van der Waals surface area (Å²) in [5.74, 6) is 0.0294. The number of carbonyl (C=O) groups excluding carboxylic acids is 1. The van der Waals surface area contributed by atoms with Crippen molar-refractivity contribution >= 4 is 5.91 Å². The summed E-state index contributed by atoms with van der Waals surface area (Å²) in [7, 11) is 0. The summed E-state index contributed by atoms with van der Waals surface area (Å²) in [6.07, 6.45) is 1.30. The first-order valence-corrected chi connectivity index (χ1v) is 5.91. The van der Waals surface area contributed by atoms with Gasteiger partial charge in [0.25, 0.3) is 0 Å². The van der Waals surface area contributed by atoms with E-state index < -0.39 is 5.54 Å². The Bertz CT molecular complexity index is 244. The van der Waals surface area contributed by atoms with Gasteiger partial charge < -0.3 is 11.1 Å². The molecule has 0 aromatic rings. The van der Waals surface area contributed by atoms with Crippen molar-refractivity contribution < 1.29 is 4.79 Å². The summed E-state index contributed by atoms with van der Waals surface area (Å²) in [4.78, 5) is 11.8. The molecule has 0 aromatic heterocycles. The van der Waals surface area contributed by atoms with E-state index in [4.69, 9.17) is 5.73 Å². The topological polar surface area (TPSA) is 55.1 Å². The molecule has 0 aliphatic heterocycles. The molecule has 0 aliphatic carbocycles. The fraction of sp³-hybridized carbons (Fsp3) is 0.923. The van der Waals surface area contributed by atoms with Gasteiger partial charge in [-0.1, -0.05) is 20.8 Å². The molecule has 0 spiro atoms. The molecule has 0 radical (unpaired) electrons. The average molecular weight is 228 g/mol. The number of nitrogens with two attached hydrogens (primary N) is 1. The zero-order chi connectivity index (χ0) is 13.2. The Labute approximate surface area is 100 Å². The molecule has 0 fully saturated rings.